The third-order valence-electron chi connectivity index (χ3n) is 8.12. The van der Waals surface area contributed by atoms with Gasteiger partial charge in [0.1, 0.15) is 26.9 Å². The molecule has 0 radical (unpaired) electrons. The number of benzene rings is 6. The summed E-state index contributed by atoms with van der Waals surface area (Å²) >= 11 is 11.9. The smallest absolute Gasteiger partial charge is 0.870 e. The van der Waals surface area contributed by atoms with Gasteiger partial charge in [-0.3, -0.25) is 18.7 Å². The predicted octanol–water partition coefficient (Wildman–Crippen LogP) is 4.97. The number of amides is 2. The SMILES string of the molecule is NC(=O)c1cc2ccccc2c(N=Nc2cc(C(=O)O)c(S(=O)(=O)O)cc2Cl)c1O.NC(=O)c1cc2ccccc2c(N=Nc2cc(C(=O)[O-])c(S(=O)(=O)O)cc2Cl)c1[O-].[Ca+2]. The second-order valence-corrected chi connectivity index (χ2v) is 15.5. The number of phenols is 1. The summed E-state index contributed by atoms with van der Waals surface area (Å²) in [5, 5.41) is 59.7. The van der Waals surface area contributed by atoms with Crippen molar-refractivity contribution in [3.8, 4) is 11.5 Å². The Balaban J connectivity index is 0.000000264. The van der Waals surface area contributed by atoms with Crippen molar-refractivity contribution in [1.29, 1.82) is 0 Å². The molecule has 0 spiro atoms. The average Bonchev–Trinajstić information content (AvgIpc) is 3.16. The minimum absolute atomic E-state index is 0. The van der Waals surface area contributed by atoms with Crippen LogP contribution in [0, 0.1) is 0 Å². The van der Waals surface area contributed by atoms with Crippen LogP contribution in [-0.4, -0.2) is 97.6 Å². The molecule has 0 heterocycles. The zero-order chi connectivity index (χ0) is 44.4. The molecule has 61 heavy (non-hydrogen) atoms. The van der Waals surface area contributed by atoms with Gasteiger partial charge in [0.25, 0.3) is 26.1 Å². The maximum absolute atomic E-state index is 12.6. The molecule has 0 aliphatic rings. The van der Waals surface area contributed by atoms with Crippen molar-refractivity contribution in [2.75, 3.05) is 0 Å². The van der Waals surface area contributed by atoms with Crippen LogP contribution in [0.15, 0.2) is 115 Å². The number of carbonyl (C=O) groups is 4. The Hall–Kier alpha value is -5.82. The molecule has 0 aliphatic heterocycles. The summed E-state index contributed by atoms with van der Waals surface area (Å²) in [5.74, 6) is -6.80. The molecule has 0 saturated heterocycles. The first-order valence-electron chi connectivity index (χ1n) is 16.0. The van der Waals surface area contributed by atoms with E-state index in [-0.39, 0.29) is 81.7 Å². The molecule has 2 amide bonds. The molecule has 6 aromatic rings. The molecule has 308 valence electrons. The molecule has 25 heteroatoms. The number of aromatic carboxylic acids is 2. The molecule has 0 fully saturated rings. The number of aromatic hydroxyl groups is 1. The van der Waals surface area contributed by atoms with Crippen molar-refractivity contribution in [1.82, 2.24) is 0 Å². The minimum atomic E-state index is -4.91. The molecule has 6 rings (SSSR count). The molecule has 0 saturated carbocycles. The number of carbonyl (C=O) groups excluding carboxylic acids is 3. The van der Waals surface area contributed by atoms with Crippen LogP contribution in [0.4, 0.5) is 22.7 Å². The summed E-state index contributed by atoms with van der Waals surface area (Å²) in [6, 6.07) is 18.6. The Kier molecular flexibility index (Phi) is 14.8. The van der Waals surface area contributed by atoms with Gasteiger partial charge in [-0.25, -0.2) is 4.79 Å². The number of azo groups is 2. The van der Waals surface area contributed by atoms with Gasteiger partial charge >= 0.3 is 43.7 Å². The number of hydrogen-bond donors (Lipinski definition) is 6. The number of carboxylic acids is 2. The fourth-order valence-corrected chi connectivity index (χ4v) is 7.31. The maximum Gasteiger partial charge on any atom is 2.00 e. The van der Waals surface area contributed by atoms with E-state index in [1.165, 1.54) is 12.1 Å². The van der Waals surface area contributed by atoms with Crippen molar-refractivity contribution in [3.63, 3.8) is 0 Å². The van der Waals surface area contributed by atoms with Gasteiger partial charge in [0.15, 0.2) is 5.75 Å². The monoisotopic (exact) mass is 936 g/mol. The van der Waals surface area contributed by atoms with Crippen molar-refractivity contribution in [2.45, 2.75) is 9.79 Å². The van der Waals surface area contributed by atoms with Crippen LogP contribution < -0.4 is 21.7 Å². The standard InChI is InChI=1S/2C18H12ClN3O7S.Ca/c2*19-12-7-14(30(27,28)29)10(18(25)26)6-13(12)21-22-15-9-4-2-1-3-8(9)5-11(16(15)23)17(20)24;/h2*1-7,23H,(H2,20,24)(H,25,26)(H,27,28,29);/q;;+2/p-2. The first-order chi connectivity index (χ1) is 28.0. The number of nitrogens with two attached hydrogens (primary N) is 2. The quantitative estimate of drug-likeness (QED) is 0.0600. The van der Waals surface area contributed by atoms with Crippen molar-refractivity contribution in [3.05, 3.63) is 117 Å². The third-order valence-corrected chi connectivity index (χ3v) is 10.5. The molecule has 6 aromatic carbocycles. The molecule has 20 nitrogen and oxygen atoms in total. The fraction of sp³-hybridized carbons (Fsp3) is 0. The fourth-order valence-electron chi connectivity index (χ4n) is 5.40. The van der Waals surface area contributed by atoms with E-state index in [1.54, 1.807) is 48.5 Å². The number of hydrogen-bond acceptors (Lipinski definition) is 15. The third kappa shape index (κ3) is 10.6. The Bertz CT molecular complexity index is 2920. The Morgan fingerprint density at radius 1 is 0.607 bits per heavy atom. The van der Waals surface area contributed by atoms with Crippen LogP contribution in [0.5, 0.6) is 11.5 Å². The maximum atomic E-state index is 12.6. The van der Waals surface area contributed by atoms with Crippen molar-refractivity contribution in [2.24, 2.45) is 31.9 Å². The van der Waals surface area contributed by atoms with Crippen LogP contribution in [-0.2, 0) is 20.2 Å². The molecule has 0 atom stereocenters. The normalized spacial score (nSPS) is 11.6. The molecule has 0 aromatic heterocycles. The largest absolute Gasteiger partial charge is 2.00 e. The van der Waals surface area contributed by atoms with E-state index in [0.29, 0.717) is 33.7 Å². The number of rotatable bonds is 10. The number of halogens is 2. The van der Waals surface area contributed by atoms with Gasteiger partial charge in [-0.1, -0.05) is 77.5 Å². The number of carboxylic acid groups (broad SMARTS) is 2. The summed E-state index contributed by atoms with van der Waals surface area (Å²) in [4.78, 5) is 43.9. The van der Waals surface area contributed by atoms with Crippen molar-refractivity contribution < 1.29 is 65.5 Å². The van der Waals surface area contributed by atoms with E-state index in [0.717, 1.165) is 12.1 Å². The van der Waals surface area contributed by atoms with E-state index < -0.39 is 76.4 Å². The summed E-state index contributed by atoms with van der Waals surface area (Å²) in [5.41, 5.74) is 7.32. The zero-order valence-electron chi connectivity index (χ0n) is 30.2. The summed E-state index contributed by atoms with van der Waals surface area (Å²) in [7, 11) is -9.78. The van der Waals surface area contributed by atoms with Crippen LogP contribution in [0.2, 0.25) is 10.0 Å². The van der Waals surface area contributed by atoms with Gasteiger partial charge in [-0.05, 0) is 47.2 Å². The Labute approximate surface area is 382 Å². The summed E-state index contributed by atoms with van der Waals surface area (Å²) in [6.45, 7) is 0. The molecule has 8 N–H and O–H groups in total. The van der Waals surface area contributed by atoms with Gasteiger partial charge < -0.3 is 36.7 Å². The predicted molar refractivity (Wildman–Crippen MR) is 214 cm³/mol. The first-order valence-corrected chi connectivity index (χ1v) is 19.6. The second kappa shape index (κ2) is 18.8. The van der Waals surface area contributed by atoms with E-state index in [4.69, 9.17) is 39.2 Å². The molecular formula is C36H22CaCl2N6O14S2. The average molecular weight is 938 g/mol. The van der Waals surface area contributed by atoms with Gasteiger partial charge in [-0.15, -0.1) is 15.3 Å². The molecule has 0 unspecified atom stereocenters. The molecule has 0 bridgehead atoms. The second-order valence-electron chi connectivity index (χ2n) is 11.9. The Morgan fingerprint density at radius 2 is 1.02 bits per heavy atom. The van der Waals surface area contributed by atoms with Gasteiger partial charge in [0.2, 0.25) is 5.91 Å². The zero-order valence-corrected chi connectivity index (χ0v) is 35.5. The van der Waals surface area contributed by atoms with E-state index in [1.807, 2.05) is 0 Å². The van der Waals surface area contributed by atoms with Crippen LogP contribution in [0.1, 0.15) is 41.4 Å². The van der Waals surface area contributed by atoms with Crippen LogP contribution >= 0.6 is 23.2 Å². The van der Waals surface area contributed by atoms with Crippen LogP contribution in [0.3, 0.4) is 0 Å². The van der Waals surface area contributed by atoms with E-state index >= 15 is 0 Å². The Morgan fingerprint density at radius 3 is 1.46 bits per heavy atom. The van der Waals surface area contributed by atoms with Gasteiger partial charge in [-0.2, -0.15) is 21.9 Å². The number of nitrogens with zero attached hydrogens (tertiary/aromatic N) is 4. The first kappa shape index (κ1) is 47.9. The van der Waals surface area contributed by atoms with Gasteiger partial charge in [0, 0.05) is 21.9 Å². The summed E-state index contributed by atoms with van der Waals surface area (Å²) in [6.07, 6.45) is 0. The minimum Gasteiger partial charge on any atom is -0.870 e. The van der Waals surface area contributed by atoms with Crippen molar-refractivity contribution >= 4 is 149 Å². The van der Waals surface area contributed by atoms with E-state index in [9.17, 15) is 61.0 Å². The van der Waals surface area contributed by atoms with Gasteiger partial charge in [0.05, 0.1) is 32.8 Å². The number of primary amides is 2. The number of fused-ring (bicyclic) bond motifs is 2. The van der Waals surface area contributed by atoms with E-state index in [2.05, 4.69) is 20.5 Å². The van der Waals surface area contributed by atoms with Crippen LogP contribution in [0.25, 0.3) is 21.5 Å². The summed E-state index contributed by atoms with van der Waals surface area (Å²) < 4.78 is 63.9. The topological polar surface area (TPSA) is 365 Å². The molecular weight excluding hydrogens is 916 g/mol. The molecule has 0 aliphatic carbocycles.